The number of aromatic nitrogens is 3. The quantitative estimate of drug-likeness (QED) is 0.709. The van der Waals surface area contributed by atoms with E-state index in [1.54, 1.807) is 25.7 Å². The lowest BCUT2D eigenvalue weighted by molar-refractivity contribution is 0.412. The van der Waals surface area contributed by atoms with Crippen LogP contribution < -0.4 is 9.64 Å². The molecule has 0 bridgehead atoms. The van der Waals surface area contributed by atoms with E-state index in [0.717, 1.165) is 36.6 Å². The van der Waals surface area contributed by atoms with E-state index in [-0.39, 0.29) is 0 Å². The number of rotatable bonds is 4. The highest BCUT2D eigenvalue weighted by atomic mass is 16.5. The third-order valence-electron chi connectivity index (χ3n) is 4.87. The van der Waals surface area contributed by atoms with Gasteiger partial charge >= 0.3 is 0 Å². The molecule has 0 amide bonds. The van der Waals surface area contributed by atoms with Crippen molar-refractivity contribution < 1.29 is 4.74 Å². The topological polar surface area (TPSA) is 51.1 Å². The van der Waals surface area contributed by atoms with Gasteiger partial charge in [0.2, 0.25) is 5.95 Å². The number of hydrogen-bond acceptors (Lipinski definition) is 5. The number of anilines is 1. The van der Waals surface area contributed by atoms with Gasteiger partial charge in [0.15, 0.2) is 5.75 Å². The van der Waals surface area contributed by atoms with Gasteiger partial charge in [0.1, 0.15) is 5.69 Å². The van der Waals surface area contributed by atoms with E-state index in [0.29, 0.717) is 11.8 Å². The van der Waals surface area contributed by atoms with Crippen molar-refractivity contribution in [1.29, 1.82) is 0 Å². The minimum absolute atomic E-state index is 0.311. The van der Waals surface area contributed by atoms with Crippen molar-refractivity contribution in [1.82, 2.24) is 15.0 Å². The molecule has 3 heterocycles. The zero-order valence-corrected chi connectivity index (χ0v) is 15.1. The first-order valence-corrected chi connectivity index (χ1v) is 8.91. The van der Waals surface area contributed by atoms with E-state index in [1.807, 2.05) is 12.1 Å². The van der Waals surface area contributed by atoms with Crippen LogP contribution in [0.1, 0.15) is 30.0 Å². The molecule has 5 heteroatoms. The van der Waals surface area contributed by atoms with E-state index in [4.69, 9.17) is 9.72 Å². The van der Waals surface area contributed by atoms with Crippen molar-refractivity contribution in [3.63, 3.8) is 0 Å². The number of hydrogen-bond donors (Lipinski definition) is 0. The fraction of sp³-hybridized carbons (Fsp3) is 0.286. The van der Waals surface area contributed by atoms with Crippen molar-refractivity contribution in [2.45, 2.75) is 25.8 Å². The Kier molecular flexibility index (Phi) is 4.52. The Labute approximate surface area is 153 Å². The molecule has 2 aromatic heterocycles. The van der Waals surface area contributed by atoms with Gasteiger partial charge in [0.05, 0.1) is 19.3 Å². The Bertz CT molecular complexity index is 880. The van der Waals surface area contributed by atoms with Gasteiger partial charge in [0, 0.05) is 24.5 Å². The van der Waals surface area contributed by atoms with Crippen LogP contribution in [0.4, 0.5) is 5.95 Å². The average Bonchev–Trinajstić information content (AvgIpc) is 3.18. The molecule has 0 spiro atoms. The number of pyridine rings is 1. The first-order chi connectivity index (χ1) is 12.8. The number of aryl methyl sites for hydroxylation is 1. The normalized spacial score (nSPS) is 16.7. The molecule has 5 nitrogen and oxygen atoms in total. The van der Waals surface area contributed by atoms with Crippen LogP contribution in [0.5, 0.6) is 5.75 Å². The second kappa shape index (κ2) is 7.12. The summed E-state index contributed by atoms with van der Waals surface area (Å²) in [6.45, 7) is 3.07. The standard InChI is InChI=1S/C21H22N4O/c1-15-7-9-16(10-8-15)18-6-4-12-25(18)21-23-14-19(26-2)20(24-21)17-5-3-11-22-13-17/h3,5,7-11,13-14,18H,4,6,12H2,1-2H3. The number of ether oxygens (including phenoxy) is 1. The molecule has 0 aliphatic carbocycles. The summed E-state index contributed by atoms with van der Waals surface area (Å²) in [6, 6.07) is 13.0. The second-order valence-electron chi connectivity index (χ2n) is 6.59. The van der Waals surface area contributed by atoms with Gasteiger partial charge in [-0.25, -0.2) is 9.97 Å². The molecule has 4 rings (SSSR count). The third-order valence-corrected chi connectivity index (χ3v) is 4.87. The van der Waals surface area contributed by atoms with E-state index in [2.05, 4.69) is 46.1 Å². The highest BCUT2D eigenvalue weighted by Crippen LogP contribution is 2.36. The van der Waals surface area contributed by atoms with Gasteiger partial charge < -0.3 is 9.64 Å². The van der Waals surface area contributed by atoms with E-state index in [9.17, 15) is 0 Å². The zero-order chi connectivity index (χ0) is 17.9. The molecule has 1 aromatic carbocycles. The minimum atomic E-state index is 0.311. The van der Waals surface area contributed by atoms with Crippen LogP contribution in [0.2, 0.25) is 0 Å². The highest BCUT2D eigenvalue weighted by Gasteiger charge is 2.28. The third kappa shape index (κ3) is 3.12. The predicted molar refractivity (Wildman–Crippen MR) is 102 cm³/mol. The summed E-state index contributed by atoms with van der Waals surface area (Å²) in [7, 11) is 1.64. The van der Waals surface area contributed by atoms with Gasteiger partial charge in [-0.05, 0) is 37.5 Å². The molecule has 132 valence electrons. The van der Waals surface area contributed by atoms with Crippen molar-refractivity contribution >= 4 is 5.95 Å². The maximum atomic E-state index is 5.47. The van der Waals surface area contributed by atoms with E-state index in [1.165, 1.54) is 11.1 Å². The fourth-order valence-corrected chi connectivity index (χ4v) is 3.50. The molecule has 3 aromatic rings. The summed E-state index contributed by atoms with van der Waals surface area (Å²) in [5.74, 6) is 1.40. The fourth-order valence-electron chi connectivity index (χ4n) is 3.50. The molecule has 1 fully saturated rings. The zero-order valence-electron chi connectivity index (χ0n) is 15.1. The summed E-state index contributed by atoms with van der Waals surface area (Å²) >= 11 is 0. The summed E-state index contributed by atoms with van der Waals surface area (Å²) in [5.41, 5.74) is 4.30. The van der Waals surface area contributed by atoms with E-state index < -0.39 is 0 Å². The van der Waals surface area contributed by atoms with Crippen molar-refractivity contribution in [3.8, 4) is 17.0 Å². The molecule has 26 heavy (non-hydrogen) atoms. The molecule has 1 unspecified atom stereocenters. The van der Waals surface area contributed by atoms with Gasteiger partial charge in [-0.15, -0.1) is 0 Å². The average molecular weight is 346 g/mol. The Morgan fingerprint density at radius 2 is 1.96 bits per heavy atom. The molecule has 0 N–H and O–H groups in total. The van der Waals surface area contributed by atoms with Crippen LogP contribution in [-0.2, 0) is 0 Å². The van der Waals surface area contributed by atoms with Gasteiger partial charge in [0.25, 0.3) is 0 Å². The van der Waals surface area contributed by atoms with Crippen molar-refractivity contribution in [2.24, 2.45) is 0 Å². The predicted octanol–water partition coefficient (Wildman–Crippen LogP) is 4.20. The Balaban J connectivity index is 1.72. The minimum Gasteiger partial charge on any atom is -0.493 e. The molecule has 1 aliphatic heterocycles. The maximum Gasteiger partial charge on any atom is 0.226 e. The SMILES string of the molecule is COc1cnc(N2CCCC2c2ccc(C)cc2)nc1-c1cccnc1. The van der Waals surface area contributed by atoms with Gasteiger partial charge in [-0.1, -0.05) is 29.8 Å². The van der Waals surface area contributed by atoms with Crippen molar-refractivity contribution in [2.75, 3.05) is 18.6 Å². The lowest BCUT2D eigenvalue weighted by atomic mass is 10.0. The second-order valence-corrected chi connectivity index (χ2v) is 6.59. The molecule has 0 saturated carbocycles. The van der Waals surface area contributed by atoms with Gasteiger partial charge in [-0.2, -0.15) is 0 Å². The molecule has 0 radical (unpaired) electrons. The van der Waals surface area contributed by atoms with Crippen LogP contribution in [-0.4, -0.2) is 28.6 Å². The summed E-state index contributed by atoms with van der Waals surface area (Å²) in [6.07, 6.45) is 7.56. The monoisotopic (exact) mass is 346 g/mol. The molecule has 1 aliphatic rings. The Morgan fingerprint density at radius 3 is 2.69 bits per heavy atom. The first kappa shape index (κ1) is 16.5. The van der Waals surface area contributed by atoms with Gasteiger partial charge in [-0.3, -0.25) is 4.98 Å². The highest BCUT2D eigenvalue weighted by molar-refractivity contribution is 5.66. The van der Waals surface area contributed by atoms with E-state index >= 15 is 0 Å². The number of benzene rings is 1. The van der Waals surface area contributed by atoms with Crippen LogP contribution >= 0.6 is 0 Å². The summed E-state index contributed by atoms with van der Waals surface area (Å²) in [4.78, 5) is 15.9. The van der Waals surface area contributed by atoms with Crippen LogP contribution in [0, 0.1) is 6.92 Å². The lowest BCUT2D eigenvalue weighted by Crippen LogP contribution is -2.24. The van der Waals surface area contributed by atoms with Crippen LogP contribution in [0.25, 0.3) is 11.3 Å². The number of methoxy groups -OCH3 is 1. The first-order valence-electron chi connectivity index (χ1n) is 8.91. The maximum absolute atomic E-state index is 5.47. The van der Waals surface area contributed by atoms with Crippen LogP contribution in [0.3, 0.4) is 0 Å². The largest absolute Gasteiger partial charge is 0.493 e. The molecule has 1 atom stereocenters. The van der Waals surface area contributed by atoms with Crippen molar-refractivity contribution in [3.05, 3.63) is 66.1 Å². The lowest BCUT2D eigenvalue weighted by Gasteiger charge is -2.25. The summed E-state index contributed by atoms with van der Waals surface area (Å²) in [5, 5.41) is 0. The summed E-state index contributed by atoms with van der Waals surface area (Å²) < 4.78 is 5.47. The van der Waals surface area contributed by atoms with Crippen LogP contribution in [0.15, 0.2) is 55.0 Å². The Morgan fingerprint density at radius 1 is 1.12 bits per heavy atom. The number of nitrogens with zero attached hydrogens (tertiary/aromatic N) is 4. The smallest absolute Gasteiger partial charge is 0.226 e. The molecular weight excluding hydrogens is 324 g/mol. The Hall–Kier alpha value is -2.95. The molecule has 1 saturated heterocycles. The molecular formula is C21H22N4O.